The van der Waals surface area contributed by atoms with Gasteiger partial charge >= 0.3 is 0 Å². The van der Waals surface area contributed by atoms with Gasteiger partial charge in [-0.25, -0.2) is 15.0 Å². The fourth-order valence-corrected chi connectivity index (χ4v) is 2.26. The van der Waals surface area contributed by atoms with E-state index in [0.717, 1.165) is 22.7 Å². The molecule has 5 heteroatoms. The van der Waals surface area contributed by atoms with Gasteiger partial charge in [-0.15, -0.1) is 0 Å². The average molecular weight is 267 g/mol. The van der Waals surface area contributed by atoms with Crippen LogP contribution in [0, 0.1) is 20.8 Å². The van der Waals surface area contributed by atoms with E-state index >= 15 is 0 Å². The molecule has 5 nitrogen and oxygen atoms in total. The van der Waals surface area contributed by atoms with Crippen LogP contribution < -0.4 is 5.32 Å². The zero-order valence-electron chi connectivity index (χ0n) is 11.9. The van der Waals surface area contributed by atoms with Gasteiger partial charge in [-0.2, -0.15) is 0 Å². The fourth-order valence-electron chi connectivity index (χ4n) is 2.26. The van der Waals surface area contributed by atoms with E-state index in [2.05, 4.69) is 37.7 Å². The Labute approximate surface area is 117 Å². The Bertz CT molecular complexity index is 740. The van der Waals surface area contributed by atoms with Crippen molar-refractivity contribution >= 4 is 11.6 Å². The average Bonchev–Trinajstić information content (AvgIpc) is 2.80. The Kier molecular flexibility index (Phi) is 3.10. The molecule has 0 aromatic carbocycles. The van der Waals surface area contributed by atoms with Crippen LogP contribution in [-0.2, 0) is 6.54 Å². The molecule has 0 atom stereocenters. The van der Waals surface area contributed by atoms with Gasteiger partial charge in [0.2, 0.25) is 5.95 Å². The highest BCUT2D eigenvalue weighted by molar-refractivity contribution is 5.42. The maximum atomic E-state index is 4.58. The van der Waals surface area contributed by atoms with Crippen molar-refractivity contribution < 1.29 is 0 Å². The highest BCUT2D eigenvalue weighted by atomic mass is 15.1. The molecule has 3 heterocycles. The van der Waals surface area contributed by atoms with Gasteiger partial charge < -0.3 is 9.72 Å². The monoisotopic (exact) mass is 267 g/mol. The van der Waals surface area contributed by atoms with Crippen LogP contribution in [0.4, 0.5) is 5.95 Å². The lowest BCUT2D eigenvalue weighted by Crippen LogP contribution is -2.05. The van der Waals surface area contributed by atoms with Crippen molar-refractivity contribution in [3.05, 3.63) is 53.2 Å². The molecular weight excluding hydrogens is 250 g/mol. The first kappa shape index (κ1) is 12.6. The molecule has 0 aliphatic carbocycles. The van der Waals surface area contributed by atoms with Gasteiger partial charge in [0.1, 0.15) is 5.65 Å². The van der Waals surface area contributed by atoms with Gasteiger partial charge in [-0.1, -0.05) is 6.07 Å². The van der Waals surface area contributed by atoms with E-state index in [0.29, 0.717) is 12.5 Å². The third-order valence-corrected chi connectivity index (χ3v) is 3.16. The number of aromatic nitrogens is 4. The predicted molar refractivity (Wildman–Crippen MR) is 78.8 cm³/mol. The first-order valence-electron chi connectivity index (χ1n) is 6.61. The first-order chi connectivity index (χ1) is 9.61. The van der Waals surface area contributed by atoms with E-state index in [1.807, 2.05) is 38.2 Å². The lowest BCUT2D eigenvalue weighted by molar-refractivity contribution is 0.984. The Morgan fingerprint density at radius 2 is 1.80 bits per heavy atom. The summed E-state index contributed by atoms with van der Waals surface area (Å²) in [5, 5.41) is 3.22. The van der Waals surface area contributed by atoms with Crippen molar-refractivity contribution in [2.75, 3.05) is 5.32 Å². The second-order valence-corrected chi connectivity index (χ2v) is 4.96. The van der Waals surface area contributed by atoms with Crippen molar-refractivity contribution in [3.8, 4) is 0 Å². The van der Waals surface area contributed by atoms with Gasteiger partial charge in [0.15, 0.2) is 0 Å². The van der Waals surface area contributed by atoms with Crippen molar-refractivity contribution in [3.63, 3.8) is 0 Å². The normalized spacial score (nSPS) is 10.9. The number of hydrogen-bond donors (Lipinski definition) is 1. The van der Waals surface area contributed by atoms with E-state index < -0.39 is 0 Å². The number of pyridine rings is 1. The lowest BCUT2D eigenvalue weighted by atomic mass is 10.3. The smallest absolute Gasteiger partial charge is 0.223 e. The summed E-state index contributed by atoms with van der Waals surface area (Å²) in [4.78, 5) is 13.3. The largest absolute Gasteiger partial charge is 0.348 e. The molecule has 1 N–H and O–H groups in total. The maximum absolute atomic E-state index is 4.58. The summed E-state index contributed by atoms with van der Waals surface area (Å²) in [5.41, 5.74) is 5.03. The number of anilines is 1. The van der Waals surface area contributed by atoms with Crippen LogP contribution in [0.3, 0.4) is 0 Å². The minimum atomic E-state index is 0.615. The molecule has 3 aromatic heterocycles. The third kappa shape index (κ3) is 2.47. The minimum absolute atomic E-state index is 0.615. The van der Waals surface area contributed by atoms with E-state index in [4.69, 9.17) is 0 Å². The van der Waals surface area contributed by atoms with Crippen LogP contribution in [0.1, 0.15) is 22.8 Å². The molecule has 0 fully saturated rings. The second-order valence-electron chi connectivity index (χ2n) is 4.96. The molecule has 0 saturated carbocycles. The number of aryl methyl sites for hydroxylation is 3. The fraction of sp³-hybridized carbons (Fsp3) is 0.267. The molecule has 0 saturated heterocycles. The van der Waals surface area contributed by atoms with E-state index in [1.165, 1.54) is 5.69 Å². The van der Waals surface area contributed by atoms with Crippen molar-refractivity contribution in [1.82, 2.24) is 19.4 Å². The minimum Gasteiger partial charge on any atom is -0.348 e. The summed E-state index contributed by atoms with van der Waals surface area (Å²) in [6.45, 7) is 6.62. The summed E-state index contributed by atoms with van der Waals surface area (Å²) < 4.78 is 2.08. The van der Waals surface area contributed by atoms with Crippen molar-refractivity contribution in [1.29, 1.82) is 0 Å². The Morgan fingerprint density at radius 3 is 2.50 bits per heavy atom. The molecule has 0 amide bonds. The van der Waals surface area contributed by atoms with Gasteiger partial charge in [0, 0.05) is 23.3 Å². The zero-order chi connectivity index (χ0) is 14.1. The maximum Gasteiger partial charge on any atom is 0.223 e. The van der Waals surface area contributed by atoms with E-state index in [1.54, 1.807) is 0 Å². The molecular formula is C15H17N5. The summed E-state index contributed by atoms with van der Waals surface area (Å²) in [6.07, 6.45) is 2.04. The van der Waals surface area contributed by atoms with Crippen molar-refractivity contribution in [2.24, 2.45) is 0 Å². The molecule has 0 aliphatic heterocycles. The highest BCUT2D eigenvalue weighted by Gasteiger charge is 2.04. The van der Waals surface area contributed by atoms with E-state index in [-0.39, 0.29) is 0 Å². The predicted octanol–water partition coefficient (Wildman–Crippen LogP) is 2.66. The molecule has 3 aromatic rings. The van der Waals surface area contributed by atoms with Crippen LogP contribution in [0.5, 0.6) is 0 Å². The number of hydrogen-bond acceptors (Lipinski definition) is 4. The molecule has 0 aliphatic rings. The van der Waals surface area contributed by atoms with Gasteiger partial charge in [-0.3, -0.25) is 0 Å². The number of nitrogens with zero attached hydrogens (tertiary/aromatic N) is 4. The van der Waals surface area contributed by atoms with Gasteiger partial charge in [0.25, 0.3) is 0 Å². The molecule has 3 rings (SSSR count). The van der Waals surface area contributed by atoms with Crippen molar-refractivity contribution in [2.45, 2.75) is 27.3 Å². The van der Waals surface area contributed by atoms with Crippen LogP contribution in [-0.4, -0.2) is 19.4 Å². The van der Waals surface area contributed by atoms with Gasteiger partial charge in [0.05, 0.1) is 12.2 Å². The standard InChI is InChI=1S/C15H17N5/c1-10-7-11(2)18-15(17-10)16-8-13-9-20-12(3)5-4-6-14(20)19-13/h4-7,9H,8H2,1-3H3,(H,16,17,18). The third-order valence-electron chi connectivity index (χ3n) is 3.16. The lowest BCUT2D eigenvalue weighted by Gasteiger charge is -2.04. The zero-order valence-corrected chi connectivity index (χ0v) is 11.9. The quantitative estimate of drug-likeness (QED) is 0.792. The summed E-state index contributed by atoms with van der Waals surface area (Å²) in [6, 6.07) is 8.05. The molecule has 20 heavy (non-hydrogen) atoms. The Balaban J connectivity index is 1.81. The topological polar surface area (TPSA) is 55.1 Å². The summed E-state index contributed by atoms with van der Waals surface area (Å²) in [5.74, 6) is 0.649. The number of imidazole rings is 1. The summed E-state index contributed by atoms with van der Waals surface area (Å²) in [7, 11) is 0. The summed E-state index contributed by atoms with van der Waals surface area (Å²) >= 11 is 0. The van der Waals surface area contributed by atoms with Crippen LogP contribution in [0.15, 0.2) is 30.5 Å². The van der Waals surface area contributed by atoms with Crippen LogP contribution >= 0.6 is 0 Å². The SMILES string of the molecule is Cc1cc(C)nc(NCc2cn3c(C)cccc3n2)n1. The molecule has 0 bridgehead atoms. The highest BCUT2D eigenvalue weighted by Crippen LogP contribution is 2.10. The number of fused-ring (bicyclic) bond motifs is 1. The number of nitrogens with one attached hydrogen (secondary N) is 1. The number of rotatable bonds is 3. The Hall–Kier alpha value is -2.43. The first-order valence-corrected chi connectivity index (χ1v) is 6.61. The van der Waals surface area contributed by atoms with Crippen LogP contribution in [0.2, 0.25) is 0 Å². The molecule has 102 valence electrons. The molecule has 0 unspecified atom stereocenters. The molecule has 0 spiro atoms. The van der Waals surface area contributed by atoms with Gasteiger partial charge in [-0.05, 0) is 39.0 Å². The molecule has 0 radical (unpaired) electrons. The van der Waals surface area contributed by atoms with E-state index in [9.17, 15) is 0 Å². The Morgan fingerprint density at radius 1 is 1.05 bits per heavy atom. The van der Waals surface area contributed by atoms with Crippen LogP contribution in [0.25, 0.3) is 5.65 Å². The second kappa shape index (κ2) is 4.92.